The van der Waals surface area contributed by atoms with E-state index in [4.69, 9.17) is 0 Å². The van der Waals surface area contributed by atoms with Gasteiger partial charge in [0.1, 0.15) is 0 Å². The Kier molecular flexibility index (Phi) is 4.74. The lowest BCUT2D eigenvalue weighted by molar-refractivity contribution is 0.185. The molecule has 1 aromatic rings. The van der Waals surface area contributed by atoms with Gasteiger partial charge in [0.2, 0.25) is 0 Å². The van der Waals surface area contributed by atoms with Crippen molar-refractivity contribution in [2.24, 2.45) is 5.92 Å². The van der Waals surface area contributed by atoms with Crippen LogP contribution in [0.2, 0.25) is 0 Å². The van der Waals surface area contributed by atoms with E-state index in [0.29, 0.717) is 0 Å². The minimum atomic E-state index is 0.779. The maximum Gasteiger partial charge on any atom is 0.0233 e. The van der Waals surface area contributed by atoms with E-state index < -0.39 is 0 Å². The standard InChI is InChI=1S/C18H28N2/c1-15-8-12-20(13-9-15)14-16-2-4-17(5-3-16)18-6-10-19-11-7-18/h2-5,15,18-19H,6-14H2,1H3. The summed E-state index contributed by atoms with van der Waals surface area (Å²) in [5, 5.41) is 3.45. The average molecular weight is 272 g/mol. The molecule has 0 unspecified atom stereocenters. The van der Waals surface area contributed by atoms with Crippen LogP contribution in [-0.2, 0) is 6.54 Å². The smallest absolute Gasteiger partial charge is 0.0233 e. The van der Waals surface area contributed by atoms with Crippen LogP contribution in [0.3, 0.4) is 0 Å². The Bertz CT molecular complexity index is 398. The van der Waals surface area contributed by atoms with Crippen molar-refractivity contribution in [2.45, 2.75) is 45.1 Å². The van der Waals surface area contributed by atoms with Crippen LogP contribution in [0.5, 0.6) is 0 Å². The maximum absolute atomic E-state index is 3.45. The Morgan fingerprint density at radius 1 is 1.00 bits per heavy atom. The molecule has 20 heavy (non-hydrogen) atoms. The minimum Gasteiger partial charge on any atom is -0.317 e. The molecule has 2 fully saturated rings. The first kappa shape index (κ1) is 14.1. The van der Waals surface area contributed by atoms with Gasteiger partial charge in [0, 0.05) is 6.54 Å². The van der Waals surface area contributed by atoms with E-state index in [9.17, 15) is 0 Å². The predicted octanol–water partition coefficient (Wildman–Crippen LogP) is 3.39. The topological polar surface area (TPSA) is 15.3 Å². The van der Waals surface area contributed by atoms with Crippen LogP contribution in [0.4, 0.5) is 0 Å². The van der Waals surface area contributed by atoms with E-state index in [1.54, 1.807) is 5.56 Å². The van der Waals surface area contributed by atoms with E-state index >= 15 is 0 Å². The van der Waals surface area contributed by atoms with Crippen LogP contribution >= 0.6 is 0 Å². The zero-order valence-electron chi connectivity index (χ0n) is 12.8. The molecular formula is C18H28N2. The van der Waals surface area contributed by atoms with Gasteiger partial charge in [-0.2, -0.15) is 0 Å². The number of likely N-dealkylation sites (tertiary alicyclic amines) is 1. The van der Waals surface area contributed by atoms with E-state index in [0.717, 1.165) is 18.4 Å². The second kappa shape index (κ2) is 6.73. The van der Waals surface area contributed by atoms with Crippen LogP contribution in [0, 0.1) is 5.92 Å². The third-order valence-corrected chi connectivity index (χ3v) is 5.07. The molecule has 2 aliphatic heterocycles. The number of nitrogens with one attached hydrogen (secondary N) is 1. The first-order chi connectivity index (χ1) is 9.81. The second-order valence-corrected chi connectivity index (χ2v) is 6.72. The van der Waals surface area contributed by atoms with Crippen molar-refractivity contribution in [1.29, 1.82) is 0 Å². The Balaban J connectivity index is 1.55. The van der Waals surface area contributed by atoms with E-state index in [-0.39, 0.29) is 0 Å². The average Bonchev–Trinajstić information content (AvgIpc) is 2.51. The number of hydrogen-bond acceptors (Lipinski definition) is 2. The third-order valence-electron chi connectivity index (χ3n) is 5.07. The predicted molar refractivity (Wildman–Crippen MR) is 85.0 cm³/mol. The van der Waals surface area contributed by atoms with Crippen molar-refractivity contribution >= 4 is 0 Å². The van der Waals surface area contributed by atoms with Crippen LogP contribution in [0.15, 0.2) is 24.3 Å². The Hall–Kier alpha value is -0.860. The normalized spacial score (nSPS) is 23.1. The quantitative estimate of drug-likeness (QED) is 0.907. The summed E-state index contributed by atoms with van der Waals surface area (Å²) >= 11 is 0. The molecular weight excluding hydrogens is 244 g/mol. The second-order valence-electron chi connectivity index (χ2n) is 6.72. The molecule has 0 atom stereocenters. The summed E-state index contributed by atoms with van der Waals surface area (Å²) in [6.45, 7) is 8.43. The molecule has 0 bridgehead atoms. The summed E-state index contributed by atoms with van der Waals surface area (Å²) in [5.41, 5.74) is 3.03. The molecule has 2 aliphatic rings. The molecule has 1 N–H and O–H groups in total. The van der Waals surface area contributed by atoms with Gasteiger partial charge in [-0.15, -0.1) is 0 Å². The van der Waals surface area contributed by atoms with Crippen LogP contribution in [0.25, 0.3) is 0 Å². The molecule has 0 saturated carbocycles. The number of nitrogens with zero attached hydrogens (tertiary/aromatic N) is 1. The summed E-state index contributed by atoms with van der Waals surface area (Å²) in [5.74, 6) is 1.70. The van der Waals surface area contributed by atoms with Gasteiger partial charge in [0.25, 0.3) is 0 Å². The van der Waals surface area contributed by atoms with Crippen LogP contribution in [-0.4, -0.2) is 31.1 Å². The Morgan fingerprint density at radius 3 is 2.30 bits per heavy atom. The fraction of sp³-hybridized carbons (Fsp3) is 0.667. The lowest BCUT2D eigenvalue weighted by atomic mass is 9.90. The van der Waals surface area contributed by atoms with E-state index in [1.807, 2.05) is 0 Å². The maximum atomic E-state index is 3.45. The van der Waals surface area contributed by atoms with Crippen molar-refractivity contribution < 1.29 is 0 Å². The highest BCUT2D eigenvalue weighted by molar-refractivity contribution is 5.26. The molecule has 0 spiro atoms. The highest BCUT2D eigenvalue weighted by Gasteiger charge is 2.17. The molecule has 1 aromatic carbocycles. The molecule has 110 valence electrons. The fourth-order valence-electron chi connectivity index (χ4n) is 3.53. The van der Waals surface area contributed by atoms with Gasteiger partial charge in [-0.05, 0) is 74.8 Å². The van der Waals surface area contributed by atoms with Crippen molar-refractivity contribution in [2.75, 3.05) is 26.2 Å². The highest BCUT2D eigenvalue weighted by atomic mass is 15.1. The molecule has 0 amide bonds. The summed E-state index contributed by atoms with van der Waals surface area (Å²) in [6.07, 6.45) is 5.33. The molecule has 0 aromatic heterocycles. The zero-order chi connectivity index (χ0) is 13.8. The fourth-order valence-corrected chi connectivity index (χ4v) is 3.53. The number of hydrogen-bond donors (Lipinski definition) is 1. The van der Waals surface area contributed by atoms with Gasteiger partial charge in [-0.25, -0.2) is 0 Å². The van der Waals surface area contributed by atoms with Gasteiger partial charge < -0.3 is 5.32 Å². The Labute approximate surface area is 123 Å². The van der Waals surface area contributed by atoms with Crippen LogP contribution in [0.1, 0.15) is 49.7 Å². The van der Waals surface area contributed by atoms with Gasteiger partial charge in [0.15, 0.2) is 0 Å². The zero-order valence-corrected chi connectivity index (χ0v) is 12.8. The molecule has 0 aliphatic carbocycles. The molecule has 2 heteroatoms. The summed E-state index contributed by atoms with van der Waals surface area (Å²) < 4.78 is 0. The molecule has 0 radical (unpaired) electrons. The monoisotopic (exact) mass is 272 g/mol. The third kappa shape index (κ3) is 3.62. The van der Waals surface area contributed by atoms with Gasteiger partial charge in [0.05, 0.1) is 0 Å². The SMILES string of the molecule is CC1CCN(Cc2ccc(C3CCNCC3)cc2)CC1. The highest BCUT2D eigenvalue weighted by Crippen LogP contribution is 2.26. The summed E-state index contributed by atoms with van der Waals surface area (Å²) in [6, 6.07) is 9.46. The first-order valence-electron chi connectivity index (χ1n) is 8.33. The van der Waals surface area contributed by atoms with Crippen molar-refractivity contribution in [3.8, 4) is 0 Å². The van der Waals surface area contributed by atoms with Crippen LogP contribution < -0.4 is 5.32 Å². The summed E-state index contributed by atoms with van der Waals surface area (Å²) in [7, 11) is 0. The first-order valence-corrected chi connectivity index (χ1v) is 8.33. The summed E-state index contributed by atoms with van der Waals surface area (Å²) in [4.78, 5) is 2.61. The van der Waals surface area contributed by atoms with Crippen molar-refractivity contribution in [3.63, 3.8) is 0 Å². The Morgan fingerprint density at radius 2 is 1.65 bits per heavy atom. The van der Waals surface area contributed by atoms with E-state index in [1.165, 1.54) is 57.4 Å². The lowest BCUT2D eigenvalue weighted by Gasteiger charge is -2.30. The number of rotatable bonds is 3. The molecule has 2 heterocycles. The largest absolute Gasteiger partial charge is 0.317 e. The van der Waals surface area contributed by atoms with E-state index in [2.05, 4.69) is 41.4 Å². The number of piperidine rings is 2. The minimum absolute atomic E-state index is 0.779. The van der Waals surface area contributed by atoms with Gasteiger partial charge >= 0.3 is 0 Å². The molecule has 2 nitrogen and oxygen atoms in total. The molecule has 3 rings (SSSR count). The lowest BCUT2D eigenvalue weighted by Crippen LogP contribution is -2.32. The number of benzene rings is 1. The van der Waals surface area contributed by atoms with Crippen molar-refractivity contribution in [1.82, 2.24) is 10.2 Å². The van der Waals surface area contributed by atoms with Gasteiger partial charge in [-0.3, -0.25) is 4.90 Å². The molecule has 2 saturated heterocycles. The van der Waals surface area contributed by atoms with Gasteiger partial charge in [-0.1, -0.05) is 31.2 Å². The van der Waals surface area contributed by atoms with Crippen molar-refractivity contribution in [3.05, 3.63) is 35.4 Å².